The summed E-state index contributed by atoms with van der Waals surface area (Å²) in [5.74, 6) is -0.717. The number of carbonyl (C=O) groups is 2. The Morgan fingerprint density at radius 3 is 2.57 bits per heavy atom. The van der Waals surface area contributed by atoms with Crippen LogP contribution in [0.3, 0.4) is 0 Å². The Morgan fingerprint density at radius 2 is 1.97 bits per heavy atom. The van der Waals surface area contributed by atoms with Gasteiger partial charge in [0.05, 0.1) is 12.7 Å². The molecule has 0 spiro atoms. The summed E-state index contributed by atoms with van der Waals surface area (Å²) >= 11 is 0. The Balaban J connectivity index is 1.60. The molecule has 8 nitrogen and oxygen atoms in total. The van der Waals surface area contributed by atoms with Crippen LogP contribution in [-0.2, 0) is 9.53 Å². The van der Waals surface area contributed by atoms with Crippen LogP contribution >= 0.6 is 0 Å². The lowest BCUT2D eigenvalue weighted by molar-refractivity contribution is -0.159. The maximum Gasteiger partial charge on any atom is 0.337 e. The first kappa shape index (κ1) is 20.2. The van der Waals surface area contributed by atoms with Crippen molar-refractivity contribution in [3.63, 3.8) is 0 Å². The number of nitrogens with zero attached hydrogens (tertiary/aromatic N) is 2. The Hall–Kier alpha value is -3.13. The molecule has 3 aliphatic heterocycles. The number of esters is 1. The van der Waals surface area contributed by atoms with Crippen LogP contribution in [0, 0.1) is 5.92 Å². The van der Waals surface area contributed by atoms with Crippen molar-refractivity contribution in [1.82, 2.24) is 9.88 Å². The molecule has 4 heterocycles. The zero-order valence-electron chi connectivity index (χ0n) is 16.8. The monoisotopic (exact) mass is 411 g/mol. The fourth-order valence-corrected chi connectivity index (χ4v) is 4.17. The van der Waals surface area contributed by atoms with E-state index in [-0.39, 0.29) is 11.7 Å². The highest BCUT2D eigenvalue weighted by Gasteiger charge is 2.38. The van der Waals surface area contributed by atoms with E-state index in [1.54, 1.807) is 30.3 Å². The number of hydrogen-bond donors (Lipinski definition) is 2. The van der Waals surface area contributed by atoms with Gasteiger partial charge in [-0.2, -0.15) is 0 Å². The average Bonchev–Trinajstić information content (AvgIpc) is 2.78. The molecular formula is C22H25N3O5. The number of methoxy groups -OCH3 is 1. The van der Waals surface area contributed by atoms with Gasteiger partial charge in [-0.1, -0.05) is 12.1 Å². The number of piperidine rings is 3. The van der Waals surface area contributed by atoms with E-state index in [0.29, 0.717) is 23.0 Å². The van der Waals surface area contributed by atoms with Gasteiger partial charge >= 0.3 is 11.9 Å². The van der Waals surface area contributed by atoms with Gasteiger partial charge in [0, 0.05) is 30.1 Å². The zero-order valence-corrected chi connectivity index (χ0v) is 16.8. The minimum Gasteiger partial charge on any atom is -0.481 e. The molecule has 0 saturated carbocycles. The van der Waals surface area contributed by atoms with Gasteiger partial charge in [-0.15, -0.1) is 0 Å². The third-order valence-corrected chi connectivity index (χ3v) is 5.86. The Kier molecular flexibility index (Phi) is 5.85. The van der Waals surface area contributed by atoms with E-state index in [1.165, 1.54) is 19.4 Å². The SMILES string of the molecule is COc1ccc(C(Nc2ccccc2C(=O)O)C(=O)OC2CN3CCC2CC3)cn1. The number of carboxylic acid groups (broad SMARTS) is 1. The number of fused-ring (bicyclic) bond motifs is 3. The van der Waals surface area contributed by atoms with Crippen molar-refractivity contribution in [2.45, 2.75) is 25.0 Å². The van der Waals surface area contributed by atoms with Gasteiger partial charge in [-0.25, -0.2) is 14.6 Å². The van der Waals surface area contributed by atoms with Gasteiger partial charge in [0.1, 0.15) is 6.10 Å². The lowest BCUT2D eigenvalue weighted by Gasteiger charge is -2.44. The number of nitrogens with one attached hydrogen (secondary N) is 1. The van der Waals surface area contributed by atoms with E-state index in [4.69, 9.17) is 9.47 Å². The van der Waals surface area contributed by atoms with E-state index in [2.05, 4.69) is 15.2 Å². The van der Waals surface area contributed by atoms with Crippen molar-refractivity contribution in [2.75, 3.05) is 32.1 Å². The fraction of sp³-hybridized carbons (Fsp3) is 0.409. The summed E-state index contributed by atoms with van der Waals surface area (Å²) in [5, 5.41) is 12.6. The lowest BCUT2D eigenvalue weighted by atomic mass is 9.86. The number of aromatic carboxylic acids is 1. The predicted molar refractivity (Wildman–Crippen MR) is 110 cm³/mol. The van der Waals surface area contributed by atoms with Gasteiger partial charge in [-0.05, 0) is 50.0 Å². The number of carboxylic acids is 1. The summed E-state index contributed by atoms with van der Waals surface area (Å²) in [6.07, 6.45) is 3.45. The maximum absolute atomic E-state index is 13.2. The lowest BCUT2D eigenvalue weighted by Crippen LogP contribution is -2.52. The predicted octanol–water partition coefficient (Wildman–Crippen LogP) is 2.58. The van der Waals surface area contributed by atoms with Crippen molar-refractivity contribution >= 4 is 17.6 Å². The Bertz CT molecular complexity index is 909. The number of hydrogen-bond acceptors (Lipinski definition) is 7. The molecular weight excluding hydrogens is 386 g/mol. The van der Waals surface area contributed by atoms with Gasteiger partial charge in [-0.3, -0.25) is 4.90 Å². The number of rotatable bonds is 7. The molecule has 1 aromatic heterocycles. The topological polar surface area (TPSA) is 101 Å². The van der Waals surface area contributed by atoms with E-state index in [9.17, 15) is 14.7 Å². The van der Waals surface area contributed by atoms with Crippen LogP contribution in [0.5, 0.6) is 5.88 Å². The third-order valence-electron chi connectivity index (χ3n) is 5.86. The maximum atomic E-state index is 13.2. The molecule has 2 aromatic rings. The van der Waals surface area contributed by atoms with Crippen LogP contribution < -0.4 is 10.1 Å². The number of aromatic nitrogens is 1. The molecule has 2 bridgehead atoms. The van der Waals surface area contributed by atoms with Crippen LogP contribution in [0.2, 0.25) is 0 Å². The molecule has 1 aromatic carbocycles. The first-order valence-corrected chi connectivity index (χ1v) is 10.1. The van der Waals surface area contributed by atoms with E-state index in [0.717, 1.165) is 32.5 Å². The summed E-state index contributed by atoms with van der Waals surface area (Å²) in [7, 11) is 1.52. The fourth-order valence-electron chi connectivity index (χ4n) is 4.17. The Morgan fingerprint density at radius 1 is 1.20 bits per heavy atom. The third kappa shape index (κ3) is 4.23. The molecule has 2 N–H and O–H groups in total. The minimum atomic E-state index is -1.07. The van der Waals surface area contributed by atoms with E-state index >= 15 is 0 Å². The second-order valence-corrected chi connectivity index (χ2v) is 7.68. The van der Waals surface area contributed by atoms with Gasteiger partial charge in [0.2, 0.25) is 5.88 Å². The van der Waals surface area contributed by atoms with Crippen LogP contribution in [0.1, 0.15) is 34.8 Å². The molecule has 3 saturated heterocycles. The van der Waals surface area contributed by atoms with Crippen molar-refractivity contribution in [3.05, 3.63) is 53.7 Å². The first-order valence-electron chi connectivity index (χ1n) is 10.1. The Labute approximate surface area is 174 Å². The second-order valence-electron chi connectivity index (χ2n) is 7.68. The molecule has 2 atom stereocenters. The molecule has 3 aliphatic rings. The average molecular weight is 411 g/mol. The van der Waals surface area contributed by atoms with Gasteiger partial charge in [0.25, 0.3) is 0 Å². The number of anilines is 1. The molecule has 2 unspecified atom stereocenters. The van der Waals surface area contributed by atoms with Crippen molar-refractivity contribution in [1.29, 1.82) is 0 Å². The van der Waals surface area contributed by atoms with Crippen LogP contribution in [0.15, 0.2) is 42.6 Å². The van der Waals surface area contributed by atoms with Crippen LogP contribution in [-0.4, -0.2) is 59.8 Å². The molecule has 30 heavy (non-hydrogen) atoms. The molecule has 0 amide bonds. The number of para-hydroxylation sites is 1. The van der Waals surface area contributed by atoms with Crippen molar-refractivity contribution < 1.29 is 24.2 Å². The summed E-state index contributed by atoms with van der Waals surface area (Å²) in [4.78, 5) is 31.3. The van der Waals surface area contributed by atoms with E-state index in [1.807, 2.05) is 0 Å². The highest BCUT2D eigenvalue weighted by atomic mass is 16.5. The van der Waals surface area contributed by atoms with Crippen LogP contribution in [0.4, 0.5) is 5.69 Å². The molecule has 0 aliphatic carbocycles. The number of pyridine rings is 1. The van der Waals surface area contributed by atoms with Gasteiger partial charge < -0.3 is 19.9 Å². The summed E-state index contributed by atoms with van der Waals surface area (Å²) in [5.41, 5.74) is 0.999. The zero-order chi connectivity index (χ0) is 21.1. The highest BCUT2D eigenvalue weighted by Crippen LogP contribution is 2.32. The molecule has 5 rings (SSSR count). The summed E-state index contributed by atoms with van der Waals surface area (Å²) < 4.78 is 11.0. The van der Waals surface area contributed by atoms with Gasteiger partial charge in [0.15, 0.2) is 6.04 Å². The largest absolute Gasteiger partial charge is 0.481 e. The minimum absolute atomic E-state index is 0.0830. The molecule has 3 fully saturated rings. The second kappa shape index (κ2) is 8.71. The quantitative estimate of drug-likeness (QED) is 0.671. The normalized spacial score (nSPS) is 23.4. The van der Waals surface area contributed by atoms with Crippen molar-refractivity contribution in [2.24, 2.45) is 5.92 Å². The smallest absolute Gasteiger partial charge is 0.337 e. The first-order chi connectivity index (χ1) is 14.5. The van der Waals surface area contributed by atoms with E-state index < -0.39 is 18.0 Å². The molecule has 0 radical (unpaired) electrons. The number of ether oxygens (including phenoxy) is 2. The van der Waals surface area contributed by atoms with Crippen molar-refractivity contribution in [3.8, 4) is 5.88 Å². The summed E-state index contributed by atoms with van der Waals surface area (Å²) in [6, 6.07) is 8.99. The highest BCUT2D eigenvalue weighted by molar-refractivity contribution is 5.95. The molecule has 158 valence electrons. The molecule has 8 heteroatoms. The standard InChI is InChI=1S/C22H25N3O5/c1-29-19-7-6-15(12-23-19)20(24-17-5-3-2-4-16(17)21(26)27)22(28)30-18-13-25-10-8-14(18)9-11-25/h2-7,12,14,18,20,24H,8-11,13H2,1H3,(H,26,27). The number of carbonyl (C=O) groups excluding carboxylic acids is 1. The number of benzene rings is 1. The van der Waals surface area contributed by atoms with Crippen LogP contribution in [0.25, 0.3) is 0 Å². The summed E-state index contributed by atoms with van der Waals surface area (Å²) in [6.45, 7) is 2.85.